The molecule has 1 aliphatic heterocycles. The number of hydrogen-bond donors (Lipinski definition) is 2. The number of H-pyrrole nitrogens is 1. The number of imidazole rings is 1. The van der Waals surface area contributed by atoms with Crippen molar-refractivity contribution in [3.05, 3.63) is 48.2 Å². The third kappa shape index (κ3) is 2.21. The molecule has 0 radical (unpaired) electrons. The zero-order chi connectivity index (χ0) is 11.7. The van der Waals surface area contributed by atoms with Gasteiger partial charge in [-0.2, -0.15) is 0 Å². The number of para-hydroxylation sites is 2. The van der Waals surface area contributed by atoms with Crippen LogP contribution < -0.4 is 10.1 Å². The summed E-state index contributed by atoms with van der Waals surface area (Å²) < 4.78 is 5.52. The maximum atomic E-state index is 11.7. The number of aromatic nitrogens is 2. The third-order valence-electron chi connectivity index (χ3n) is 2.38. The summed E-state index contributed by atoms with van der Waals surface area (Å²) in [6.07, 6.45) is 4.77. The molecule has 0 atom stereocenters. The van der Waals surface area contributed by atoms with E-state index >= 15 is 0 Å². The highest BCUT2D eigenvalue weighted by molar-refractivity contribution is 6.07. The fourth-order valence-corrected chi connectivity index (χ4v) is 1.59. The number of anilines is 1. The Morgan fingerprint density at radius 2 is 2.11 bits per heavy atom. The van der Waals surface area contributed by atoms with Crippen molar-refractivity contribution in [1.29, 1.82) is 0 Å². The molecule has 6 heteroatoms. The van der Waals surface area contributed by atoms with Gasteiger partial charge in [-0.25, -0.2) is 4.98 Å². The van der Waals surface area contributed by atoms with Crippen LogP contribution in [-0.2, 0) is 4.79 Å². The average Bonchev–Trinajstić information content (AvgIpc) is 2.83. The predicted molar refractivity (Wildman–Crippen MR) is 69.5 cm³/mol. The van der Waals surface area contributed by atoms with E-state index in [0.29, 0.717) is 11.4 Å². The van der Waals surface area contributed by atoms with Crippen LogP contribution in [-0.4, -0.2) is 15.9 Å². The average molecular weight is 264 g/mol. The molecular formula is C12H10ClN3O2. The summed E-state index contributed by atoms with van der Waals surface area (Å²) in [6, 6.07) is 7.28. The monoisotopic (exact) mass is 263 g/mol. The quantitative estimate of drug-likeness (QED) is 0.775. The lowest BCUT2D eigenvalue weighted by molar-refractivity contribution is -0.115. The lowest BCUT2D eigenvalue weighted by Gasteiger charge is -2.19. The van der Waals surface area contributed by atoms with Gasteiger partial charge < -0.3 is 15.0 Å². The molecule has 2 heterocycles. The number of hydrogen-bond acceptors (Lipinski definition) is 3. The Labute approximate surface area is 109 Å². The van der Waals surface area contributed by atoms with Gasteiger partial charge in [-0.1, -0.05) is 12.1 Å². The molecule has 0 bridgehead atoms. The zero-order valence-corrected chi connectivity index (χ0v) is 10.0. The van der Waals surface area contributed by atoms with Gasteiger partial charge in [0, 0.05) is 6.08 Å². The van der Waals surface area contributed by atoms with Crippen LogP contribution in [0.15, 0.2) is 42.5 Å². The lowest BCUT2D eigenvalue weighted by Crippen LogP contribution is -2.23. The Bertz CT molecular complexity index is 593. The van der Waals surface area contributed by atoms with E-state index in [1.54, 1.807) is 30.7 Å². The molecule has 2 aromatic rings. The van der Waals surface area contributed by atoms with Crippen molar-refractivity contribution in [2.45, 2.75) is 0 Å². The molecule has 0 spiro atoms. The Balaban J connectivity index is 0.00000120. The molecule has 18 heavy (non-hydrogen) atoms. The van der Waals surface area contributed by atoms with Gasteiger partial charge >= 0.3 is 0 Å². The molecule has 0 saturated heterocycles. The Kier molecular flexibility index (Phi) is 3.34. The molecule has 92 valence electrons. The SMILES string of the molecule is Cl.O=C1Nc2ccccc2O/C1=C/c1cnc[nH]1. The van der Waals surface area contributed by atoms with Gasteiger partial charge in [-0.05, 0) is 12.1 Å². The van der Waals surface area contributed by atoms with Gasteiger partial charge in [0.25, 0.3) is 5.91 Å². The fraction of sp³-hybridized carbons (Fsp3) is 0. The van der Waals surface area contributed by atoms with E-state index in [-0.39, 0.29) is 24.1 Å². The number of aromatic amines is 1. The Morgan fingerprint density at radius 3 is 2.89 bits per heavy atom. The van der Waals surface area contributed by atoms with Crippen LogP contribution in [0.2, 0.25) is 0 Å². The first-order valence-electron chi connectivity index (χ1n) is 5.11. The number of rotatable bonds is 1. The lowest BCUT2D eigenvalue weighted by atomic mass is 10.2. The Hall–Kier alpha value is -2.27. The summed E-state index contributed by atoms with van der Waals surface area (Å²) in [5, 5.41) is 2.76. The summed E-state index contributed by atoms with van der Waals surface area (Å²) in [5.41, 5.74) is 1.40. The number of carbonyl (C=O) groups excluding carboxylic acids is 1. The van der Waals surface area contributed by atoms with Gasteiger partial charge in [0.05, 0.1) is 23.9 Å². The highest BCUT2D eigenvalue weighted by Gasteiger charge is 2.21. The second-order valence-corrected chi connectivity index (χ2v) is 3.57. The molecule has 0 fully saturated rings. The molecule has 0 unspecified atom stereocenters. The second kappa shape index (κ2) is 4.93. The van der Waals surface area contributed by atoms with Gasteiger partial charge in [-0.3, -0.25) is 4.79 Å². The van der Waals surface area contributed by atoms with Crippen molar-refractivity contribution in [1.82, 2.24) is 9.97 Å². The maximum absolute atomic E-state index is 11.7. The van der Waals surface area contributed by atoms with Crippen molar-refractivity contribution < 1.29 is 9.53 Å². The van der Waals surface area contributed by atoms with Gasteiger partial charge in [0.15, 0.2) is 11.5 Å². The van der Waals surface area contributed by atoms with Gasteiger partial charge in [-0.15, -0.1) is 12.4 Å². The summed E-state index contributed by atoms with van der Waals surface area (Å²) in [7, 11) is 0. The van der Waals surface area contributed by atoms with Crippen molar-refractivity contribution in [2.75, 3.05) is 5.32 Å². The first-order valence-corrected chi connectivity index (χ1v) is 5.11. The van der Waals surface area contributed by atoms with Crippen LogP contribution in [0.4, 0.5) is 5.69 Å². The summed E-state index contributed by atoms with van der Waals surface area (Å²) in [6.45, 7) is 0. The fourth-order valence-electron chi connectivity index (χ4n) is 1.59. The van der Waals surface area contributed by atoms with E-state index in [2.05, 4.69) is 15.3 Å². The van der Waals surface area contributed by atoms with Crippen LogP contribution in [0, 0.1) is 0 Å². The molecule has 0 saturated carbocycles. The van der Waals surface area contributed by atoms with Crippen LogP contribution >= 0.6 is 12.4 Å². The van der Waals surface area contributed by atoms with E-state index in [1.165, 1.54) is 0 Å². The largest absolute Gasteiger partial charge is 0.449 e. The number of fused-ring (bicyclic) bond motifs is 1. The van der Waals surface area contributed by atoms with Crippen LogP contribution in [0.1, 0.15) is 5.69 Å². The molecule has 5 nitrogen and oxygen atoms in total. The molecule has 0 aliphatic carbocycles. The van der Waals surface area contributed by atoms with Crippen molar-refractivity contribution in [3.8, 4) is 5.75 Å². The second-order valence-electron chi connectivity index (χ2n) is 3.57. The highest BCUT2D eigenvalue weighted by Crippen LogP contribution is 2.30. The maximum Gasteiger partial charge on any atom is 0.291 e. The number of nitrogens with one attached hydrogen (secondary N) is 2. The minimum atomic E-state index is -0.265. The van der Waals surface area contributed by atoms with E-state index in [1.807, 2.05) is 12.1 Å². The Morgan fingerprint density at radius 1 is 1.28 bits per heavy atom. The number of benzene rings is 1. The summed E-state index contributed by atoms with van der Waals surface area (Å²) >= 11 is 0. The minimum Gasteiger partial charge on any atom is -0.449 e. The smallest absolute Gasteiger partial charge is 0.291 e. The number of nitrogens with zero attached hydrogens (tertiary/aromatic N) is 1. The summed E-state index contributed by atoms with van der Waals surface area (Å²) in [4.78, 5) is 18.5. The zero-order valence-electron chi connectivity index (χ0n) is 9.21. The predicted octanol–water partition coefficient (Wildman–Crippen LogP) is 2.20. The molecule has 2 N–H and O–H groups in total. The standard InChI is InChI=1S/C12H9N3O2.ClH/c16-12-11(5-8-6-13-7-14-8)17-10-4-2-1-3-9(10)15-12;/h1-7H,(H,13,14)(H,15,16);1H/b11-5+;. The number of halogens is 1. The highest BCUT2D eigenvalue weighted by atomic mass is 35.5. The minimum absolute atomic E-state index is 0. The topological polar surface area (TPSA) is 67.0 Å². The first kappa shape index (κ1) is 12.2. The van der Waals surface area contributed by atoms with Crippen LogP contribution in [0.25, 0.3) is 6.08 Å². The third-order valence-corrected chi connectivity index (χ3v) is 2.38. The van der Waals surface area contributed by atoms with Crippen LogP contribution in [0.3, 0.4) is 0 Å². The molecule has 1 aromatic heterocycles. The van der Waals surface area contributed by atoms with Crippen molar-refractivity contribution in [2.24, 2.45) is 0 Å². The van der Waals surface area contributed by atoms with E-state index in [0.717, 1.165) is 5.69 Å². The number of ether oxygens (including phenoxy) is 1. The molecular weight excluding hydrogens is 254 g/mol. The number of amides is 1. The van der Waals surface area contributed by atoms with Crippen LogP contribution in [0.5, 0.6) is 5.75 Å². The number of carbonyl (C=O) groups is 1. The first-order chi connectivity index (χ1) is 8.33. The molecule has 1 aliphatic rings. The molecule has 1 amide bonds. The van der Waals surface area contributed by atoms with Gasteiger partial charge in [0.2, 0.25) is 0 Å². The summed E-state index contributed by atoms with van der Waals surface area (Å²) in [5.74, 6) is 0.615. The normalized spacial score (nSPS) is 15.3. The van der Waals surface area contributed by atoms with E-state index < -0.39 is 0 Å². The van der Waals surface area contributed by atoms with Gasteiger partial charge in [0.1, 0.15) is 0 Å². The van der Waals surface area contributed by atoms with E-state index in [4.69, 9.17) is 4.74 Å². The van der Waals surface area contributed by atoms with Crippen molar-refractivity contribution >= 4 is 30.1 Å². The van der Waals surface area contributed by atoms with Crippen molar-refractivity contribution in [3.63, 3.8) is 0 Å². The molecule has 3 rings (SSSR count). The van der Waals surface area contributed by atoms with E-state index in [9.17, 15) is 4.79 Å². The molecule has 1 aromatic carbocycles.